The molecule has 1 aliphatic heterocycles. The molecule has 10 atom stereocenters. The Morgan fingerprint density at radius 2 is 1.92 bits per heavy atom. The monoisotopic (exact) mass is 512 g/mol. The van der Waals surface area contributed by atoms with Crippen molar-refractivity contribution in [2.45, 2.75) is 98.7 Å². The average molecular weight is 513 g/mol. The zero-order valence-electron chi connectivity index (χ0n) is 23.4. The molecule has 0 aromatic rings. The lowest BCUT2D eigenvalue weighted by molar-refractivity contribution is -0.149. The van der Waals surface area contributed by atoms with E-state index in [9.17, 15) is 14.4 Å². The standard InChI is InChI=1S/C31H44O6/c1-17(16-35-19(3)32)13-27-29(34)18(2)28-26(37-27)15-25-23-8-7-21-14-22(36-20(4)33)9-11-30(21,5)24(23)10-12-31(25,28)6/h7,13,17-18,22-26,28H,8-12,14-16H2,1-6H3/b27-13-/t17-,18+,22+,23-,24+,25+,26+,28+,30+,31+/m1/s1. The molecule has 0 bridgehead atoms. The van der Waals surface area contributed by atoms with Crippen LogP contribution in [0.4, 0.5) is 0 Å². The van der Waals surface area contributed by atoms with Crippen LogP contribution in [0.3, 0.4) is 0 Å². The summed E-state index contributed by atoms with van der Waals surface area (Å²) in [4.78, 5) is 36.2. The van der Waals surface area contributed by atoms with Gasteiger partial charge in [0.1, 0.15) is 12.2 Å². The number of ketones is 1. The van der Waals surface area contributed by atoms with E-state index in [0.29, 0.717) is 23.5 Å². The highest BCUT2D eigenvalue weighted by Gasteiger charge is 2.64. The first kappa shape index (κ1) is 26.5. The van der Waals surface area contributed by atoms with Crippen molar-refractivity contribution in [2.75, 3.05) is 6.61 Å². The molecular formula is C31H44O6. The predicted molar refractivity (Wildman–Crippen MR) is 139 cm³/mol. The normalized spacial score (nSPS) is 44.4. The molecule has 3 saturated carbocycles. The van der Waals surface area contributed by atoms with Crippen molar-refractivity contribution in [3.05, 3.63) is 23.5 Å². The number of fused-ring (bicyclic) bond motifs is 7. The number of carbonyl (C=O) groups is 3. The third kappa shape index (κ3) is 4.46. The number of allylic oxidation sites excluding steroid dienone is 2. The van der Waals surface area contributed by atoms with Crippen molar-refractivity contribution in [3.63, 3.8) is 0 Å². The van der Waals surface area contributed by atoms with Gasteiger partial charge in [0.05, 0.1) is 6.61 Å². The van der Waals surface area contributed by atoms with E-state index in [2.05, 4.69) is 26.8 Å². The molecule has 0 aromatic heterocycles. The van der Waals surface area contributed by atoms with Gasteiger partial charge in [0.2, 0.25) is 0 Å². The Morgan fingerprint density at radius 1 is 1.16 bits per heavy atom. The SMILES string of the molecule is CC(=O)OC[C@H](C)/C=C1\O[C@H]2C[C@H]3[C@@H]4CC=C5C[C@@H](OC(C)=O)CC[C@]5(C)[C@H]4CC[C@]3(C)[C@H]2[C@H](C)C1=O. The molecule has 1 saturated heterocycles. The Kier molecular flexibility index (Phi) is 6.85. The van der Waals surface area contributed by atoms with Crippen molar-refractivity contribution in [3.8, 4) is 0 Å². The minimum atomic E-state index is -0.310. The summed E-state index contributed by atoms with van der Waals surface area (Å²) < 4.78 is 17.2. The van der Waals surface area contributed by atoms with Gasteiger partial charge in [-0.15, -0.1) is 0 Å². The van der Waals surface area contributed by atoms with Crippen LogP contribution in [0.15, 0.2) is 23.5 Å². The highest BCUT2D eigenvalue weighted by atomic mass is 16.5. The van der Waals surface area contributed by atoms with Crippen LogP contribution in [0.5, 0.6) is 0 Å². The van der Waals surface area contributed by atoms with Crippen LogP contribution in [0.2, 0.25) is 0 Å². The van der Waals surface area contributed by atoms with Gasteiger partial charge in [0.25, 0.3) is 0 Å². The number of Topliss-reactive ketones (excluding diaryl/α,β-unsaturated/α-hetero) is 1. The maximum Gasteiger partial charge on any atom is 0.302 e. The van der Waals surface area contributed by atoms with Crippen LogP contribution in [0.1, 0.15) is 86.5 Å². The number of hydrogen-bond acceptors (Lipinski definition) is 6. The number of ether oxygens (including phenoxy) is 3. The van der Waals surface area contributed by atoms with Crippen LogP contribution in [-0.2, 0) is 28.6 Å². The lowest BCUT2D eigenvalue weighted by Gasteiger charge is -2.58. The van der Waals surface area contributed by atoms with Gasteiger partial charge in [-0.25, -0.2) is 0 Å². The largest absolute Gasteiger partial charge is 0.487 e. The predicted octanol–water partition coefficient (Wildman–Crippen LogP) is 5.79. The van der Waals surface area contributed by atoms with E-state index in [-0.39, 0.29) is 65.1 Å². The van der Waals surface area contributed by atoms with Crippen molar-refractivity contribution < 1.29 is 28.6 Å². The van der Waals surface area contributed by atoms with Crippen molar-refractivity contribution in [2.24, 2.45) is 46.3 Å². The maximum atomic E-state index is 13.4. The summed E-state index contributed by atoms with van der Waals surface area (Å²) in [5.41, 5.74) is 1.78. The van der Waals surface area contributed by atoms with Gasteiger partial charge < -0.3 is 14.2 Å². The lowest BCUT2D eigenvalue weighted by Crippen LogP contribution is -2.52. The smallest absolute Gasteiger partial charge is 0.302 e. The summed E-state index contributed by atoms with van der Waals surface area (Å²) in [6, 6.07) is 0. The molecule has 5 rings (SSSR count). The Bertz CT molecular complexity index is 1030. The van der Waals surface area contributed by atoms with E-state index in [1.165, 1.54) is 25.8 Å². The third-order valence-corrected chi connectivity index (χ3v) is 10.9. The first-order valence-electron chi connectivity index (χ1n) is 14.4. The van der Waals surface area contributed by atoms with Crippen LogP contribution in [0.25, 0.3) is 0 Å². The number of rotatable bonds is 4. The Morgan fingerprint density at radius 3 is 2.62 bits per heavy atom. The van der Waals surface area contributed by atoms with E-state index in [1.54, 1.807) is 0 Å². The van der Waals surface area contributed by atoms with E-state index < -0.39 is 0 Å². The van der Waals surface area contributed by atoms with Gasteiger partial charge in [0.15, 0.2) is 11.5 Å². The first-order valence-corrected chi connectivity index (χ1v) is 14.4. The van der Waals surface area contributed by atoms with E-state index in [1.807, 2.05) is 13.0 Å². The van der Waals surface area contributed by atoms with Gasteiger partial charge >= 0.3 is 11.9 Å². The molecule has 4 fully saturated rings. The average Bonchev–Trinajstić information content (AvgIpc) is 3.13. The van der Waals surface area contributed by atoms with Crippen LogP contribution in [0, 0.1) is 46.3 Å². The van der Waals surface area contributed by atoms with Crippen LogP contribution in [-0.4, -0.2) is 36.5 Å². The zero-order chi connectivity index (χ0) is 26.7. The molecule has 37 heavy (non-hydrogen) atoms. The van der Waals surface area contributed by atoms with Crippen LogP contribution >= 0.6 is 0 Å². The minimum Gasteiger partial charge on any atom is -0.487 e. The Balaban J connectivity index is 1.36. The fraction of sp³-hybridized carbons (Fsp3) is 0.774. The fourth-order valence-corrected chi connectivity index (χ4v) is 9.29. The molecule has 0 N–H and O–H groups in total. The molecule has 6 nitrogen and oxygen atoms in total. The summed E-state index contributed by atoms with van der Waals surface area (Å²) in [5, 5.41) is 0. The topological polar surface area (TPSA) is 78.9 Å². The molecule has 0 amide bonds. The first-order chi connectivity index (χ1) is 17.4. The quantitative estimate of drug-likeness (QED) is 0.269. The van der Waals surface area contributed by atoms with E-state index in [4.69, 9.17) is 14.2 Å². The third-order valence-electron chi connectivity index (χ3n) is 10.9. The molecule has 1 heterocycles. The molecule has 0 spiro atoms. The molecule has 204 valence electrons. The number of carbonyl (C=O) groups excluding carboxylic acids is 3. The summed E-state index contributed by atoms with van der Waals surface area (Å²) in [5.74, 6) is 1.95. The highest BCUT2D eigenvalue weighted by molar-refractivity contribution is 5.96. The van der Waals surface area contributed by atoms with E-state index in [0.717, 1.165) is 38.5 Å². The van der Waals surface area contributed by atoms with Gasteiger partial charge in [-0.1, -0.05) is 39.3 Å². The summed E-state index contributed by atoms with van der Waals surface area (Å²) in [6.45, 7) is 12.1. The fourth-order valence-electron chi connectivity index (χ4n) is 9.29. The van der Waals surface area contributed by atoms with Crippen molar-refractivity contribution >= 4 is 17.7 Å². The molecule has 0 unspecified atom stereocenters. The summed E-state index contributed by atoms with van der Waals surface area (Å²) >= 11 is 0. The highest BCUT2D eigenvalue weighted by Crippen LogP contribution is 2.68. The minimum absolute atomic E-state index is 0.0188. The number of esters is 2. The maximum absolute atomic E-state index is 13.4. The summed E-state index contributed by atoms with van der Waals surface area (Å²) in [7, 11) is 0. The van der Waals surface area contributed by atoms with Crippen molar-refractivity contribution in [1.82, 2.24) is 0 Å². The number of hydrogen-bond donors (Lipinski definition) is 0. The summed E-state index contributed by atoms with van der Waals surface area (Å²) in [6.07, 6.45) is 11.7. The second kappa shape index (κ2) is 9.57. The van der Waals surface area contributed by atoms with Crippen LogP contribution < -0.4 is 0 Å². The molecule has 0 aromatic carbocycles. The van der Waals surface area contributed by atoms with Gasteiger partial charge in [0, 0.05) is 38.0 Å². The molecule has 4 aliphatic carbocycles. The van der Waals surface area contributed by atoms with Gasteiger partial charge in [-0.2, -0.15) is 0 Å². The van der Waals surface area contributed by atoms with Gasteiger partial charge in [-0.3, -0.25) is 14.4 Å². The lowest BCUT2D eigenvalue weighted by atomic mass is 9.47. The van der Waals surface area contributed by atoms with Crippen molar-refractivity contribution in [1.29, 1.82) is 0 Å². The van der Waals surface area contributed by atoms with Gasteiger partial charge in [-0.05, 0) is 73.2 Å². The molecule has 6 heteroatoms. The van der Waals surface area contributed by atoms with E-state index >= 15 is 0 Å². The molecular weight excluding hydrogens is 468 g/mol. The second-order valence-electron chi connectivity index (χ2n) is 13.2. The zero-order valence-corrected chi connectivity index (χ0v) is 23.4. The second-order valence-corrected chi connectivity index (χ2v) is 13.2. The molecule has 5 aliphatic rings. The Hall–Kier alpha value is -2.11. The Labute approximate surface area is 221 Å². The molecule has 0 radical (unpaired) electrons.